The molecule has 0 aliphatic carbocycles. The monoisotopic (exact) mass is 604 g/mol. The molecule has 3 aromatic heterocycles. The number of hydrogen-bond donors (Lipinski definition) is 0. The third kappa shape index (κ3) is 3.70. The van der Waals surface area contributed by atoms with Crippen molar-refractivity contribution in [3.05, 3.63) is 157 Å². The molecule has 0 aliphatic rings. The quantitative estimate of drug-likeness (QED) is 0.190. The summed E-state index contributed by atoms with van der Waals surface area (Å²) in [6, 6.07) is 55.9. The van der Waals surface area contributed by atoms with Crippen LogP contribution in [0.15, 0.2) is 152 Å². The van der Waals surface area contributed by atoms with Crippen molar-refractivity contribution in [1.82, 2.24) is 9.13 Å². The van der Waals surface area contributed by atoms with Crippen molar-refractivity contribution < 1.29 is 0 Å². The fourth-order valence-corrected chi connectivity index (χ4v) is 8.53. The van der Waals surface area contributed by atoms with Gasteiger partial charge in [-0.2, -0.15) is 0 Å². The van der Waals surface area contributed by atoms with Crippen LogP contribution in [0.5, 0.6) is 0 Å². The van der Waals surface area contributed by atoms with E-state index < -0.39 is 0 Å². The highest BCUT2D eigenvalue weighted by atomic mass is 32.1. The molecular weight excluding hydrogens is 577 g/mol. The van der Waals surface area contributed by atoms with E-state index in [1.165, 1.54) is 91.8 Å². The summed E-state index contributed by atoms with van der Waals surface area (Å²) in [7, 11) is 0. The molecular formula is C43H28N2S. The molecule has 3 heterocycles. The standard InChI is InChI=1S/C43H28N2S/c1-27-17-20-35-34-13-4-7-16-40(34)45(41(35)23-27)31-19-22-43-37(26-31)36-25-29(18-21-42(36)46-43)28-9-8-10-30(24-28)44-38-14-5-2-11-32(38)33-12-3-6-15-39(33)44/h2-26H,1H3. The van der Waals surface area contributed by atoms with Crippen LogP contribution in [0.3, 0.4) is 0 Å². The lowest BCUT2D eigenvalue weighted by Gasteiger charge is -2.11. The minimum atomic E-state index is 1.18. The first-order valence-electron chi connectivity index (χ1n) is 15.8. The fraction of sp³-hybridized carbons (Fsp3) is 0.0233. The van der Waals surface area contributed by atoms with Crippen molar-refractivity contribution in [3.8, 4) is 22.5 Å². The Morgan fingerprint density at radius 1 is 0.370 bits per heavy atom. The summed E-state index contributed by atoms with van der Waals surface area (Å²) in [5.74, 6) is 0. The van der Waals surface area contributed by atoms with Gasteiger partial charge in [-0.05, 0) is 90.3 Å². The number of fused-ring (bicyclic) bond motifs is 9. The summed E-state index contributed by atoms with van der Waals surface area (Å²) in [5, 5.41) is 7.75. The number of thiophene rings is 1. The first kappa shape index (κ1) is 25.7. The molecule has 0 amide bonds. The van der Waals surface area contributed by atoms with E-state index in [4.69, 9.17) is 0 Å². The lowest BCUT2D eigenvalue weighted by molar-refractivity contribution is 1.18. The molecule has 0 spiro atoms. The summed E-state index contributed by atoms with van der Waals surface area (Å²) in [4.78, 5) is 0. The maximum Gasteiger partial charge on any atom is 0.0543 e. The van der Waals surface area contributed by atoms with E-state index >= 15 is 0 Å². The van der Waals surface area contributed by atoms with Crippen molar-refractivity contribution in [1.29, 1.82) is 0 Å². The van der Waals surface area contributed by atoms with Gasteiger partial charge >= 0.3 is 0 Å². The molecule has 0 N–H and O–H groups in total. The molecule has 7 aromatic carbocycles. The molecule has 0 bridgehead atoms. The molecule has 3 heteroatoms. The summed E-state index contributed by atoms with van der Waals surface area (Å²) in [6.45, 7) is 2.18. The Labute approximate surface area is 270 Å². The zero-order valence-electron chi connectivity index (χ0n) is 25.2. The highest BCUT2D eigenvalue weighted by Crippen LogP contribution is 2.40. The predicted octanol–water partition coefficient (Wildman–Crippen LogP) is 12.2. The van der Waals surface area contributed by atoms with Crippen LogP contribution in [0, 0.1) is 6.92 Å². The largest absolute Gasteiger partial charge is 0.309 e. The van der Waals surface area contributed by atoms with E-state index in [1.807, 2.05) is 11.3 Å². The Morgan fingerprint density at radius 3 is 1.61 bits per heavy atom. The first-order chi connectivity index (χ1) is 22.7. The minimum Gasteiger partial charge on any atom is -0.309 e. The third-order valence-electron chi connectivity index (χ3n) is 9.56. The molecule has 10 rings (SSSR count). The molecule has 0 aliphatic heterocycles. The van der Waals surface area contributed by atoms with Crippen molar-refractivity contribution in [2.24, 2.45) is 0 Å². The summed E-state index contributed by atoms with van der Waals surface area (Å²) >= 11 is 1.87. The maximum absolute atomic E-state index is 2.43. The van der Waals surface area contributed by atoms with Gasteiger partial charge in [0.1, 0.15) is 0 Å². The van der Waals surface area contributed by atoms with E-state index in [1.54, 1.807) is 0 Å². The number of aromatic nitrogens is 2. The number of nitrogens with zero attached hydrogens (tertiary/aromatic N) is 2. The lowest BCUT2D eigenvalue weighted by Crippen LogP contribution is -1.94. The van der Waals surface area contributed by atoms with E-state index in [0.717, 1.165) is 0 Å². The van der Waals surface area contributed by atoms with Crippen molar-refractivity contribution in [3.63, 3.8) is 0 Å². The second-order valence-electron chi connectivity index (χ2n) is 12.3. The Hall–Kier alpha value is -5.64. The van der Waals surface area contributed by atoms with Crippen LogP contribution in [0.1, 0.15) is 5.56 Å². The van der Waals surface area contributed by atoms with Gasteiger partial charge in [-0.3, -0.25) is 0 Å². The van der Waals surface area contributed by atoms with E-state index in [2.05, 4.69) is 168 Å². The zero-order valence-corrected chi connectivity index (χ0v) is 26.1. The normalized spacial score (nSPS) is 12.0. The van der Waals surface area contributed by atoms with Crippen LogP contribution in [-0.4, -0.2) is 9.13 Å². The van der Waals surface area contributed by atoms with Crippen molar-refractivity contribution in [2.45, 2.75) is 6.92 Å². The minimum absolute atomic E-state index is 1.18. The van der Waals surface area contributed by atoms with Gasteiger partial charge in [0.05, 0.1) is 22.1 Å². The van der Waals surface area contributed by atoms with Crippen molar-refractivity contribution >= 4 is 75.1 Å². The number of para-hydroxylation sites is 3. The van der Waals surface area contributed by atoms with Gasteiger partial charge in [0.25, 0.3) is 0 Å². The van der Waals surface area contributed by atoms with Crippen LogP contribution < -0.4 is 0 Å². The summed E-state index contributed by atoms with van der Waals surface area (Å²) in [5.41, 5.74) is 11.0. The van der Waals surface area contributed by atoms with E-state index in [0.29, 0.717) is 0 Å². The Bertz CT molecular complexity index is 2770. The SMILES string of the molecule is Cc1ccc2c3ccccc3n(-c3ccc4sc5ccc(-c6cccc(-n7c8ccccc8c8ccccc87)c6)cc5c4c3)c2c1. The van der Waals surface area contributed by atoms with Gasteiger partial charge in [-0.15, -0.1) is 11.3 Å². The average Bonchev–Trinajstić information content (AvgIpc) is 3.75. The van der Waals surface area contributed by atoms with Crippen LogP contribution in [0.25, 0.3) is 86.3 Å². The van der Waals surface area contributed by atoms with Crippen LogP contribution in [0.4, 0.5) is 0 Å². The number of hydrogen-bond acceptors (Lipinski definition) is 1. The Balaban J connectivity index is 1.15. The molecule has 0 atom stereocenters. The highest BCUT2D eigenvalue weighted by molar-refractivity contribution is 7.25. The molecule has 10 aromatic rings. The molecule has 46 heavy (non-hydrogen) atoms. The maximum atomic E-state index is 2.43. The Kier molecular flexibility index (Phi) is 5.40. The van der Waals surface area contributed by atoms with Gasteiger partial charge in [0.15, 0.2) is 0 Å². The topological polar surface area (TPSA) is 9.86 Å². The molecule has 0 unspecified atom stereocenters. The van der Waals surface area contributed by atoms with Gasteiger partial charge in [-0.25, -0.2) is 0 Å². The second kappa shape index (κ2) is 9.68. The molecule has 0 saturated heterocycles. The Morgan fingerprint density at radius 2 is 0.913 bits per heavy atom. The molecule has 2 nitrogen and oxygen atoms in total. The van der Waals surface area contributed by atoms with Crippen LogP contribution in [-0.2, 0) is 0 Å². The van der Waals surface area contributed by atoms with Gasteiger partial charge in [0.2, 0.25) is 0 Å². The smallest absolute Gasteiger partial charge is 0.0543 e. The molecule has 0 saturated carbocycles. The van der Waals surface area contributed by atoms with Crippen LogP contribution >= 0.6 is 11.3 Å². The zero-order chi connectivity index (χ0) is 30.4. The van der Waals surface area contributed by atoms with Gasteiger partial charge in [0, 0.05) is 53.1 Å². The van der Waals surface area contributed by atoms with E-state index in [9.17, 15) is 0 Å². The highest BCUT2D eigenvalue weighted by Gasteiger charge is 2.15. The van der Waals surface area contributed by atoms with Gasteiger partial charge < -0.3 is 9.13 Å². The summed E-state index contributed by atoms with van der Waals surface area (Å²) in [6.07, 6.45) is 0. The molecule has 0 fully saturated rings. The van der Waals surface area contributed by atoms with Crippen LogP contribution in [0.2, 0.25) is 0 Å². The number of aryl methyl sites for hydroxylation is 1. The fourth-order valence-electron chi connectivity index (χ4n) is 7.47. The first-order valence-corrected chi connectivity index (χ1v) is 16.6. The third-order valence-corrected chi connectivity index (χ3v) is 10.7. The lowest BCUT2D eigenvalue weighted by atomic mass is 10.0. The number of benzene rings is 7. The predicted molar refractivity (Wildman–Crippen MR) is 198 cm³/mol. The molecule has 0 radical (unpaired) electrons. The summed E-state index contributed by atoms with van der Waals surface area (Å²) < 4.78 is 7.45. The second-order valence-corrected chi connectivity index (χ2v) is 13.4. The van der Waals surface area contributed by atoms with Gasteiger partial charge in [-0.1, -0.05) is 84.9 Å². The van der Waals surface area contributed by atoms with E-state index in [-0.39, 0.29) is 0 Å². The average molecular weight is 605 g/mol. The molecule has 216 valence electrons. The number of rotatable bonds is 3. The van der Waals surface area contributed by atoms with Crippen molar-refractivity contribution in [2.75, 3.05) is 0 Å².